The van der Waals surface area contributed by atoms with Crippen molar-refractivity contribution in [3.8, 4) is 0 Å². The number of methoxy groups -OCH3 is 1. The molecule has 1 rings (SSSR count). The van der Waals surface area contributed by atoms with Crippen LogP contribution < -0.4 is 5.32 Å². The van der Waals surface area contributed by atoms with Crippen LogP contribution in [0.15, 0.2) is 29.2 Å². The summed E-state index contributed by atoms with van der Waals surface area (Å²) in [4.78, 5) is 9.89. The van der Waals surface area contributed by atoms with Gasteiger partial charge in [0.25, 0.3) is 10.1 Å². The topological polar surface area (TPSA) is 81.7 Å². The first kappa shape index (κ1) is 29.6. The van der Waals surface area contributed by atoms with Crippen molar-refractivity contribution in [2.75, 3.05) is 19.0 Å². The molecular formula is C15H11F12NO5S. The molecule has 0 fully saturated rings. The molecule has 0 saturated carbocycles. The second kappa shape index (κ2) is 9.31. The molecule has 0 saturated heterocycles. The van der Waals surface area contributed by atoms with Crippen LogP contribution in [0.3, 0.4) is 0 Å². The molecule has 0 unspecified atom stereocenters. The van der Waals surface area contributed by atoms with Crippen LogP contribution in [0.4, 0.5) is 63.2 Å². The summed E-state index contributed by atoms with van der Waals surface area (Å²) >= 11 is 0. The van der Waals surface area contributed by atoms with E-state index in [4.69, 9.17) is 0 Å². The fraction of sp³-hybridized carbons (Fsp3) is 0.533. The molecule has 34 heavy (non-hydrogen) atoms. The lowest BCUT2D eigenvalue weighted by Gasteiger charge is -2.38. The highest BCUT2D eigenvalue weighted by atomic mass is 32.2. The van der Waals surface area contributed by atoms with Crippen molar-refractivity contribution in [3.05, 3.63) is 24.3 Å². The maximum Gasteiger partial charge on any atom is 0.411 e. The van der Waals surface area contributed by atoms with Crippen molar-refractivity contribution in [1.82, 2.24) is 0 Å². The van der Waals surface area contributed by atoms with Crippen molar-refractivity contribution in [2.24, 2.45) is 0 Å². The van der Waals surface area contributed by atoms with Gasteiger partial charge in [-0.25, -0.2) is 13.6 Å². The third-order valence-electron chi connectivity index (χ3n) is 3.91. The van der Waals surface area contributed by atoms with E-state index in [1.54, 1.807) is 0 Å². The van der Waals surface area contributed by atoms with Crippen molar-refractivity contribution in [3.63, 3.8) is 0 Å². The van der Waals surface area contributed by atoms with Gasteiger partial charge in [0.1, 0.15) is 6.61 Å². The Morgan fingerprint density at radius 3 is 1.76 bits per heavy atom. The summed E-state index contributed by atoms with van der Waals surface area (Å²) in [5, 5.41) is 2.01. The third kappa shape index (κ3) is 5.13. The van der Waals surface area contributed by atoms with E-state index in [0.29, 0.717) is 12.1 Å². The van der Waals surface area contributed by atoms with E-state index in [0.717, 1.165) is 19.2 Å². The Labute approximate surface area is 181 Å². The summed E-state index contributed by atoms with van der Waals surface area (Å²) in [6.45, 7) is -3.28. The first-order valence-electron chi connectivity index (χ1n) is 8.10. The number of hydrogen-bond acceptors (Lipinski definition) is 5. The van der Waals surface area contributed by atoms with Crippen molar-refractivity contribution < 1.29 is 74.8 Å². The molecule has 0 aliphatic rings. The molecule has 1 amide bonds. The van der Waals surface area contributed by atoms with Crippen LogP contribution in [0.2, 0.25) is 0 Å². The van der Waals surface area contributed by atoms with Gasteiger partial charge in [-0.2, -0.15) is 52.3 Å². The van der Waals surface area contributed by atoms with Crippen molar-refractivity contribution >= 4 is 21.9 Å². The molecule has 0 bridgehead atoms. The number of benzene rings is 1. The summed E-state index contributed by atoms with van der Waals surface area (Å²) in [5.74, 6) is -36.8. The highest BCUT2D eigenvalue weighted by molar-refractivity contribution is 7.86. The number of halogens is 12. The Hall–Kier alpha value is -2.44. The molecule has 0 aliphatic heterocycles. The van der Waals surface area contributed by atoms with Gasteiger partial charge in [-0.05, 0) is 24.3 Å². The van der Waals surface area contributed by atoms with Gasteiger partial charge in [0.15, 0.2) is 0 Å². The number of ether oxygens (including phenoxy) is 1. The van der Waals surface area contributed by atoms with Gasteiger partial charge < -0.3 is 4.74 Å². The fourth-order valence-electron chi connectivity index (χ4n) is 1.96. The maximum atomic E-state index is 13.7. The van der Waals surface area contributed by atoms with Gasteiger partial charge in [0, 0.05) is 5.69 Å². The quantitative estimate of drug-likeness (QED) is 0.330. The van der Waals surface area contributed by atoms with Crippen LogP contribution >= 0.6 is 0 Å². The standard InChI is InChI=1S/C15H11F12NO5S/c1-32-10(29)28-7-2-4-8(5-3-7)34(30,31)33-6-11(18,19)13(22,23)15(26,27)14(24,25)12(20,21)9(16)17/h2-5,9H,6H2,1H3,(H,28,29). The molecule has 1 N–H and O–H groups in total. The zero-order chi connectivity index (χ0) is 27.0. The second-order valence-electron chi connectivity index (χ2n) is 6.21. The number of alkyl halides is 12. The number of carbonyl (C=O) groups excluding carboxylic acids is 1. The monoisotopic (exact) mass is 545 g/mol. The summed E-state index contributed by atoms with van der Waals surface area (Å²) in [6.07, 6.45) is -6.70. The Morgan fingerprint density at radius 2 is 1.35 bits per heavy atom. The fourth-order valence-corrected chi connectivity index (χ4v) is 2.87. The molecule has 19 heteroatoms. The van der Waals surface area contributed by atoms with Gasteiger partial charge in [-0.3, -0.25) is 9.50 Å². The summed E-state index contributed by atoms with van der Waals surface area (Å²) < 4.78 is 188. The lowest BCUT2D eigenvalue weighted by atomic mass is 9.95. The van der Waals surface area contributed by atoms with Crippen LogP contribution in [-0.2, 0) is 19.0 Å². The average Bonchev–Trinajstić information content (AvgIpc) is 2.72. The number of amides is 1. The minimum atomic E-state index is -7.81. The molecule has 6 nitrogen and oxygen atoms in total. The van der Waals surface area contributed by atoms with Gasteiger partial charge in [-0.1, -0.05) is 0 Å². The van der Waals surface area contributed by atoms with Crippen LogP contribution in [0.5, 0.6) is 0 Å². The first-order valence-corrected chi connectivity index (χ1v) is 9.51. The molecule has 1 aromatic carbocycles. The molecule has 0 spiro atoms. The van der Waals surface area contributed by atoms with E-state index in [1.165, 1.54) is 0 Å². The van der Waals surface area contributed by atoms with Gasteiger partial charge in [-0.15, -0.1) is 0 Å². The lowest BCUT2D eigenvalue weighted by molar-refractivity contribution is -0.414. The normalized spacial score (nSPS) is 14.3. The van der Waals surface area contributed by atoms with Crippen LogP contribution in [-0.4, -0.2) is 64.3 Å². The zero-order valence-corrected chi connectivity index (χ0v) is 16.9. The molecule has 1 aromatic rings. The number of rotatable bonds is 10. The molecule has 0 atom stereocenters. The largest absolute Gasteiger partial charge is 0.453 e. The van der Waals surface area contributed by atoms with Gasteiger partial charge in [0.2, 0.25) is 0 Å². The Kier molecular flexibility index (Phi) is 8.10. The average molecular weight is 545 g/mol. The molecule has 0 radical (unpaired) electrons. The number of nitrogens with one attached hydrogen (secondary N) is 1. The van der Waals surface area contributed by atoms with Crippen molar-refractivity contribution in [1.29, 1.82) is 0 Å². The van der Waals surface area contributed by atoms with Crippen LogP contribution in [0.25, 0.3) is 0 Å². The minimum Gasteiger partial charge on any atom is -0.453 e. The SMILES string of the molecule is COC(=O)Nc1ccc(S(=O)(=O)OCC(F)(F)C(F)(F)C(F)(F)C(F)(F)C(F)(F)C(F)F)cc1. The highest BCUT2D eigenvalue weighted by Crippen LogP contribution is 2.58. The Balaban J connectivity index is 3.17. The Morgan fingerprint density at radius 1 is 0.882 bits per heavy atom. The van der Waals surface area contributed by atoms with Gasteiger partial charge in [0.05, 0.1) is 12.0 Å². The summed E-state index contributed by atoms with van der Waals surface area (Å²) in [6, 6.07) is 2.65. The molecule has 0 heterocycles. The van der Waals surface area contributed by atoms with Crippen molar-refractivity contribution in [2.45, 2.75) is 40.9 Å². The number of anilines is 1. The molecule has 196 valence electrons. The predicted octanol–water partition coefficient (Wildman–Crippen LogP) is 5.01. The van der Waals surface area contributed by atoms with Crippen LogP contribution in [0.1, 0.15) is 0 Å². The minimum absolute atomic E-state index is 0.149. The molecule has 0 aromatic heterocycles. The van der Waals surface area contributed by atoms with Gasteiger partial charge >= 0.3 is 42.1 Å². The highest BCUT2D eigenvalue weighted by Gasteiger charge is 2.87. The van der Waals surface area contributed by atoms with E-state index >= 15 is 0 Å². The van der Waals surface area contributed by atoms with E-state index < -0.39 is 63.8 Å². The van der Waals surface area contributed by atoms with E-state index in [-0.39, 0.29) is 5.69 Å². The third-order valence-corrected chi connectivity index (χ3v) is 5.19. The predicted molar refractivity (Wildman–Crippen MR) is 86.3 cm³/mol. The van der Waals surface area contributed by atoms with E-state index in [1.807, 2.05) is 5.32 Å². The zero-order valence-electron chi connectivity index (χ0n) is 16.1. The van der Waals surface area contributed by atoms with E-state index in [9.17, 15) is 65.9 Å². The molecular weight excluding hydrogens is 534 g/mol. The summed E-state index contributed by atoms with van der Waals surface area (Å²) in [7, 11) is -4.53. The molecule has 0 aliphatic carbocycles. The lowest BCUT2D eigenvalue weighted by Crippen LogP contribution is -2.69. The first-order chi connectivity index (χ1) is 15.1. The van der Waals surface area contributed by atoms with E-state index in [2.05, 4.69) is 8.92 Å². The summed E-state index contributed by atoms with van der Waals surface area (Å²) in [5.41, 5.74) is -0.149. The Bertz CT molecular complexity index is 982. The number of hydrogen-bond donors (Lipinski definition) is 1. The number of carbonyl (C=O) groups is 1. The smallest absolute Gasteiger partial charge is 0.411 e. The second-order valence-corrected chi connectivity index (χ2v) is 7.82. The maximum absolute atomic E-state index is 13.7. The van der Waals surface area contributed by atoms with Crippen LogP contribution in [0, 0.1) is 0 Å².